The van der Waals surface area contributed by atoms with Crippen LogP contribution < -0.4 is 10.6 Å². The van der Waals surface area contributed by atoms with Crippen LogP contribution in [0.15, 0.2) is 18.2 Å². The molecule has 154 valence electrons. The molecular formula is C19H23ClF3N3O2. The molecule has 28 heavy (non-hydrogen) atoms. The van der Waals surface area contributed by atoms with Crippen molar-refractivity contribution >= 4 is 23.5 Å². The van der Waals surface area contributed by atoms with E-state index in [-0.39, 0.29) is 42.5 Å². The average Bonchev–Trinajstić information content (AvgIpc) is 2.64. The fourth-order valence-corrected chi connectivity index (χ4v) is 4.04. The third-order valence-corrected chi connectivity index (χ3v) is 5.86. The molecule has 0 spiro atoms. The fourth-order valence-electron chi connectivity index (χ4n) is 3.85. The van der Waals surface area contributed by atoms with Crippen molar-refractivity contribution in [1.82, 2.24) is 15.5 Å². The minimum Gasteiger partial charge on any atom is -0.353 e. The van der Waals surface area contributed by atoms with E-state index in [1.165, 1.54) is 23.1 Å². The molecule has 2 N–H and O–H groups in total. The number of benzene rings is 1. The van der Waals surface area contributed by atoms with Crippen LogP contribution in [-0.2, 0) is 4.79 Å². The van der Waals surface area contributed by atoms with Crippen molar-refractivity contribution in [3.05, 3.63) is 34.6 Å². The van der Waals surface area contributed by atoms with Gasteiger partial charge in [0.1, 0.15) is 11.9 Å². The van der Waals surface area contributed by atoms with E-state index in [0.29, 0.717) is 18.7 Å². The normalized spacial score (nSPS) is 23.8. The monoisotopic (exact) mass is 417 g/mol. The van der Waals surface area contributed by atoms with Crippen molar-refractivity contribution in [2.75, 3.05) is 13.1 Å². The molecular weight excluding hydrogens is 395 g/mol. The summed E-state index contributed by atoms with van der Waals surface area (Å²) >= 11 is 5.90. The summed E-state index contributed by atoms with van der Waals surface area (Å²) in [6.45, 7) is 2.32. The van der Waals surface area contributed by atoms with Gasteiger partial charge in [0.2, 0.25) is 11.8 Å². The largest absolute Gasteiger partial charge is 0.353 e. The second-order valence-corrected chi connectivity index (χ2v) is 7.86. The lowest BCUT2D eigenvalue weighted by atomic mass is 9.79. The molecule has 0 radical (unpaired) electrons. The van der Waals surface area contributed by atoms with Gasteiger partial charge in [-0.3, -0.25) is 4.79 Å². The highest BCUT2D eigenvalue weighted by Crippen LogP contribution is 2.42. The van der Waals surface area contributed by atoms with Crippen LogP contribution in [-0.4, -0.2) is 41.9 Å². The van der Waals surface area contributed by atoms with Gasteiger partial charge >= 0.3 is 6.03 Å². The van der Waals surface area contributed by atoms with Crippen LogP contribution in [0.5, 0.6) is 0 Å². The van der Waals surface area contributed by atoms with Gasteiger partial charge in [0.05, 0.1) is 11.1 Å². The quantitative estimate of drug-likeness (QED) is 0.784. The predicted molar refractivity (Wildman–Crippen MR) is 98.8 cm³/mol. The van der Waals surface area contributed by atoms with Crippen molar-refractivity contribution < 1.29 is 22.8 Å². The average molecular weight is 418 g/mol. The SMILES string of the molecule is C[C@@H]1C(=O)NCCN1C(=O)N[C@H](c1ccc(F)c(Cl)c1)C1CCC(F)(F)CC1. The second-order valence-electron chi connectivity index (χ2n) is 7.45. The summed E-state index contributed by atoms with van der Waals surface area (Å²) in [5, 5.41) is 5.47. The first kappa shape index (κ1) is 20.8. The molecule has 2 atom stereocenters. The van der Waals surface area contributed by atoms with Crippen LogP contribution in [0.2, 0.25) is 5.02 Å². The van der Waals surface area contributed by atoms with E-state index >= 15 is 0 Å². The van der Waals surface area contributed by atoms with Gasteiger partial charge in [0.15, 0.2) is 0 Å². The molecule has 2 aliphatic rings. The highest BCUT2D eigenvalue weighted by Gasteiger charge is 2.39. The molecule has 3 amide bonds. The van der Waals surface area contributed by atoms with Crippen LogP contribution in [0.1, 0.15) is 44.2 Å². The maximum atomic E-state index is 13.6. The fraction of sp³-hybridized carbons (Fsp3) is 0.579. The van der Waals surface area contributed by atoms with Gasteiger partial charge in [-0.05, 0) is 43.4 Å². The first-order valence-electron chi connectivity index (χ1n) is 9.35. The number of carbonyl (C=O) groups excluding carboxylic acids is 2. The topological polar surface area (TPSA) is 61.4 Å². The maximum Gasteiger partial charge on any atom is 0.318 e. The number of nitrogens with zero attached hydrogens (tertiary/aromatic N) is 1. The van der Waals surface area contributed by atoms with E-state index in [2.05, 4.69) is 10.6 Å². The number of amides is 3. The first-order chi connectivity index (χ1) is 13.2. The van der Waals surface area contributed by atoms with Crippen molar-refractivity contribution in [3.63, 3.8) is 0 Å². The van der Waals surface area contributed by atoms with Crippen molar-refractivity contribution in [2.24, 2.45) is 5.92 Å². The number of urea groups is 1. The van der Waals surface area contributed by atoms with E-state index in [0.717, 1.165) is 0 Å². The zero-order valence-electron chi connectivity index (χ0n) is 15.5. The van der Waals surface area contributed by atoms with Gasteiger partial charge in [-0.15, -0.1) is 0 Å². The van der Waals surface area contributed by atoms with Gasteiger partial charge in [0.25, 0.3) is 0 Å². The maximum absolute atomic E-state index is 13.6. The van der Waals surface area contributed by atoms with Crippen molar-refractivity contribution in [3.8, 4) is 0 Å². The third-order valence-electron chi connectivity index (χ3n) is 5.57. The molecule has 1 saturated heterocycles. The number of rotatable bonds is 3. The number of piperazine rings is 1. The lowest BCUT2D eigenvalue weighted by molar-refractivity contribution is -0.127. The molecule has 1 saturated carbocycles. The van der Waals surface area contributed by atoms with Crippen LogP contribution >= 0.6 is 11.6 Å². The summed E-state index contributed by atoms with van der Waals surface area (Å²) in [5.41, 5.74) is 0.559. The lowest BCUT2D eigenvalue weighted by Gasteiger charge is -2.38. The van der Waals surface area contributed by atoms with Crippen LogP contribution in [0.25, 0.3) is 0 Å². The number of nitrogens with one attached hydrogen (secondary N) is 2. The molecule has 2 fully saturated rings. The Bertz CT molecular complexity index is 752. The number of hydrogen-bond donors (Lipinski definition) is 2. The zero-order chi connectivity index (χ0) is 20.5. The molecule has 0 unspecified atom stereocenters. The molecule has 5 nitrogen and oxygen atoms in total. The number of hydrogen-bond acceptors (Lipinski definition) is 2. The zero-order valence-corrected chi connectivity index (χ0v) is 16.2. The summed E-state index contributed by atoms with van der Waals surface area (Å²) in [6, 6.07) is 2.43. The molecule has 1 aliphatic carbocycles. The molecule has 9 heteroatoms. The number of alkyl halides is 2. The Labute approximate surface area is 166 Å². The Balaban J connectivity index is 1.82. The smallest absolute Gasteiger partial charge is 0.318 e. The van der Waals surface area contributed by atoms with E-state index in [1.54, 1.807) is 6.92 Å². The van der Waals surface area contributed by atoms with Gasteiger partial charge in [-0.25, -0.2) is 18.0 Å². The molecule has 1 aromatic rings. The Morgan fingerprint density at radius 3 is 2.68 bits per heavy atom. The standard InChI is InChI=1S/C19H23ClF3N3O2/c1-11-17(27)24-8-9-26(11)18(28)25-16(12-4-6-19(22,23)7-5-12)13-2-3-15(21)14(20)10-13/h2-3,10-12,16H,4-9H2,1H3,(H,24,27)(H,25,28)/t11-,16+/m1/s1. The Morgan fingerprint density at radius 1 is 1.36 bits per heavy atom. The minimum atomic E-state index is -2.70. The lowest BCUT2D eigenvalue weighted by Crippen LogP contribution is -2.58. The van der Waals surface area contributed by atoms with E-state index in [4.69, 9.17) is 11.6 Å². The third kappa shape index (κ3) is 4.54. The highest BCUT2D eigenvalue weighted by atomic mass is 35.5. The van der Waals surface area contributed by atoms with Gasteiger partial charge in [-0.2, -0.15) is 0 Å². The van der Waals surface area contributed by atoms with E-state index in [1.807, 2.05) is 0 Å². The van der Waals surface area contributed by atoms with Gasteiger partial charge < -0.3 is 15.5 Å². The molecule has 1 aromatic carbocycles. The summed E-state index contributed by atoms with van der Waals surface area (Å²) in [5.74, 6) is -3.78. The first-order valence-corrected chi connectivity index (χ1v) is 9.73. The molecule has 0 bridgehead atoms. The predicted octanol–water partition coefficient (Wildman–Crippen LogP) is 3.88. The molecule has 1 heterocycles. The Morgan fingerprint density at radius 2 is 2.04 bits per heavy atom. The number of halogens is 4. The summed E-state index contributed by atoms with van der Waals surface area (Å²) in [7, 11) is 0. The summed E-state index contributed by atoms with van der Waals surface area (Å²) < 4.78 is 40.8. The second kappa shape index (κ2) is 8.19. The molecule has 1 aliphatic heterocycles. The Hall–Kier alpha value is -1.96. The summed E-state index contributed by atoms with van der Waals surface area (Å²) in [4.78, 5) is 26.1. The van der Waals surface area contributed by atoms with Gasteiger partial charge in [-0.1, -0.05) is 17.7 Å². The van der Waals surface area contributed by atoms with Gasteiger partial charge in [0, 0.05) is 25.9 Å². The van der Waals surface area contributed by atoms with E-state index < -0.39 is 29.9 Å². The van der Waals surface area contributed by atoms with Crippen LogP contribution in [0, 0.1) is 11.7 Å². The van der Waals surface area contributed by atoms with Crippen molar-refractivity contribution in [2.45, 2.75) is 50.6 Å². The highest BCUT2D eigenvalue weighted by molar-refractivity contribution is 6.30. The van der Waals surface area contributed by atoms with Crippen LogP contribution in [0.4, 0.5) is 18.0 Å². The minimum absolute atomic E-state index is 0.0939. The summed E-state index contributed by atoms with van der Waals surface area (Å²) in [6.07, 6.45) is -0.0745. The van der Waals surface area contributed by atoms with Crippen LogP contribution in [0.3, 0.4) is 0 Å². The molecule has 0 aromatic heterocycles. The van der Waals surface area contributed by atoms with Crippen molar-refractivity contribution in [1.29, 1.82) is 0 Å². The van der Waals surface area contributed by atoms with E-state index in [9.17, 15) is 22.8 Å². The number of carbonyl (C=O) groups is 2. The Kier molecular flexibility index (Phi) is 6.07. The molecule has 3 rings (SSSR count).